The number of rotatable bonds is 31. The predicted molar refractivity (Wildman–Crippen MR) is 169 cm³/mol. The lowest BCUT2D eigenvalue weighted by Gasteiger charge is -2.17. The summed E-state index contributed by atoms with van der Waals surface area (Å²) in [4.78, 5) is 26.1. The number of carbonyl (C=O) groups excluding carboxylic acids is 2. The third kappa shape index (κ3) is 29.7. The molecule has 0 aliphatic carbocycles. The van der Waals surface area contributed by atoms with Crippen LogP contribution in [0.25, 0.3) is 0 Å². The standard InChI is InChI=1S/C35H69NO3/c1-4-6-8-10-12-14-16-17-18-19-20-21-22-24-26-28-32-36(3)34(37)30-31-35(38)39-33-29-27-25-23-15-13-11-9-7-5-2/h4-33H2,1-3H3. The van der Waals surface area contributed by atoms with E-state index in [4.69, 9.17) is 4.74 Å². The van der Waals surface area contributed by atoms with Crippen LogP contribution >= 0.6 is 0 Å². The average Bonchev–Trinajstić information content (AvgIpc) is 2.94. The van der Waals surface area contributed by atoms with Crippen molar-refractivity contribution in [3.8, 4) is 0 Å². The molecule has 0 saturated carbocycles. The van der Waals surface area contributed by atoms with Crippen LogP contribution < -0.4 is 0 Å². The molecule has 0 radical (unpaired) electrons. The fraction of sp³-hybridized carbons (Fsp3) is 0.943. The van der Waals surface area contributed by atoms with Crippen molar-refractivity contribution < 1.29 is 14.3 Å². The molecule has 0 heterocycles. The number of hydrogen-bond donors (Lipinski definition) is 0. The van der Waals surface area contributed by atoms with Crippen molar-refractivity contribution in [1.29, 1.82) is 0 Å². The van der Waals surface area contributed by atoms with E-state index in [0.717, 1.165) is 25.8 Å². The first-order valence-corrected chi connectivity index (χ1v) is 17.5. The maximum Gasteiger partial charge on any atom is 0.306 e. The highest BCUT2D eigenvalue weighted by molar-refractivity contribution is 5.81. The first kappa shape index (κ1) is 37.9. The molecule has 4 nitrogen and oxygen atoms in total. The summed E-state index contributed by atoms with van der Waals surface area (Å²) < 4.78 is 5.33. The summed E-state index contributed by atoms with van der Waals surface area (Å²) in [5.41, 5.74) is 0. The van der Waals surface area contributed by atoms with E-state index in [1.165, 1.54) is 148 Å². The fourth-order valence-corrected chi connectivity index (χ4v) is 5.27. The summed E-state index contributed by atoms with van der Waals surface area (Å²) in [5.74, 6) is -0.165. The molecule has 0 bridgehead atoms. The Morgan fingerprint density at radius 3 is 1.18 bits per heavy atom. The quantitative estimate of drug-likeness (QED) is 0.0635. The van der Waals surface area contributed by atoms with Gasteiger partial charge in [-0.2, -0.15) is 0 Å². The molecular weight excluding hydrogens is 482 g/mol. The first-order valence-electron chi connectivity index (χ1n) is 17.5. The lowest BCUT2D eigenvalue weighted by atomic mass is 10.0. The lowest BCUT2D eigenvalue weighted by molar-refractivity contribution is -0.146. The summed E-state index contributed by atoms with van der Waals surface area (Å²) >= 11 is 0. The van der Waals surface area contributed by atoms with Gasteiger partial charge in [-0.1, -0.05) is 168 Å². The molecule has 4 heteroatoms. The summed E-state index contributed by atoms with van der Waals surface area (Å²) in [5, 5.41) is 0. The van der Waals surface area contributed by atoms with Gasteiger partial charge in [-0.3, -0.25) is 9.59 Å². The Morgan fingerprint density at radius 1 is 0.462 bits per heavy atom. The molecule has 0 aromatic heterocycles. The minimum absolute atomic E-state index is 0.0619. The Balaban J connectivity index is 3.40. The smallest absolute Gasteiger partial charge is 0.306 e. The second-order valence-corrected chi connectivity index (χ2v) is 12.0. The van der Waals surface area contributed by atoms with Crippen molar-refractivity contribution >= 4 is 11.9 Å². The molecule has 0 saturated heterocycles. The molecular formula is C35H69NO3. The maximum absolute atomic E-state index is 12.3. The molecule has 0 aliphatic heterocycles. The zero-order chi connectivity index (χ0) is 28.7. The Bertz CT molecular complexity index is 522. The van der Waals surface area contributed by atoms with Gasteiger partial charge in [0, 0.05) is 20.0 Å². The minimum Gasteiger partial charge on any atom is -0.466 e. The van der Waals surface area contributed by atoms with Crippen molar-refractivity contribution in [3.05, 3.63) is 0 Å². The van der Waals surface area contributed by atoms with E-state index in [1.54, 1.807) is 4.90 Å². The molecule has 39 heavy (non-hydrogen) atoms. The van der Waals surface area contributed by atoms with Gasteiger partial charge >= 0.3 is 5.97 Å². The van der Waals surface area contributed by atoms with Gasteiger partial charge in [-0.15, -0.1) is 0 Å². The van der Waals surface area contributed by atoms with Crippen LogP contribution in [0.3, 0.4) is 0 Å². The molecule has 0 spiro atoms. The van der Waals surface area contributed by atoms with Crippen molar-refractivity contribution in [2.75, 3.05) is 20.2 Å². The molecule has 0 rings (SSSR count). The Labute approximate surface area is 244 Å². The van der Waals surface area contributed by atoms with Crippen LogP contribution in [0.4, 0.5) is 0 Å². The van der Waals surface area contributed by atoms with Gasteiger partial charge in [0.2, 0.25) is 5.91 Å². The third-order valence-corrected chi connectivity index (χ3v) is 8.08. The second-order valence-electron chi connectivity index (χ2n) is 12.0. The lowest BCUT2D eigenvalue weighted by Crippen LogP contribution is -2.28. The van der Waals surface area contributed by atoms with Gasteiger partial charge in [0.05, 0.1) is 13.0 Å². The molecule has 0 unspecified atom stereocenters. The number of hydrogen-bond acceptors (Lipinski definition) is 3. The molecule has 0 aliphatic rings. The molecule has 0 aromatic rings. The van der Waals surface area contributed by atoms with E-state index in [-0.39, 0.29) is 24.7 Å². The van der Waals surface area contributed by atoms with Gasteiger partial charge in [-0.05, 0) is 12.8 Å². The number of amides is 1. The minimum atomic E-state index is -0.227. The maximum atomic E-state index is 12.3. The third-order valence-electron chi connectivity index (χ3n) is 8.08. The van der Waals surface area contributed by atoms with E-state index >= 15 is 0 Å². The highest BCUT2D eigenvalue weighted by Gasteiger charge is 2.12. The van der Waals surface area contributed by atoms with E-state index in [9.17, 15) is 9.59 Å². The van der Waals surface area contributed by atoms with Crippen LogP contribution in [0.1, 0.15) is 194 Å². The summed E-state index contributed by atoms with van der Waals surface area (Å²) in [6, 6.07) is 0. The monoisotopic (exact) mass is 552 g/mol. The van der Waals surface area contributed by atoms with Crippen LogP contribution in [-0.2, 0) is 14.3 Å². The summed E-state index contributed by atoms with van der Waals surface area (Å²) in [7, 11) is 1.86. The molecule has 0 N–H and O–H groups in total. The van der Waals surface area contributed by atoms with E-state index in [1.807, 2.05) is 7.05 Å². The van der Waals surface area contributed by atoms with Crippen molar-refractivity contribution in [2.45, 2.75) is 194 Å². The summed E-state index contributed by atoms with van der Waals surface area (Å²) in [6.07, 6.45) is 34.9. The molecule has 232 valence electrons. The zero-order valence-electron chi connectivity index (χ0n) is 26.9. The van der Waals surface area contributed by atoms with Crippen molar-refractivity contribution in [1.82, 2.24) is 4.90 Å². The Morgan fingerprint density at radius 2 is 0.795 bits per heavy atom. The largest absolute Gasteiger partial charge is 0.466 e. The predicted octanol–water partition coefficient (Wildman–Crippen LogP) is 11.0. The average molecular weight is 552 g/mol. The number of nitrogens with zero attached hydrogens (tertiary/aromatic N) is 1. The summed E-state index contributed by atoms with van der Waals surface area (Å²) in [6.45, 7) is 5.83. The van der Waals surface area contributed by atoms with Gasteiger partial charge in [0.15, 0.2) is 0 Å². The van der Waals surface area contributed by atoms with Crippen molar-refractivity contribution in [3.63, 3.8) is 0 Å². The molecule has 0 aromatic carbocycles. The number of carbonyl (C=O) groups is 2. The van der Waals surface area contributed by atoms with Gasteiger partial charge in [0.1, 0.15) is 0 Å². The highest BCUT2D eigenvalue weighted by Crippen LogP contribution is 2.14. The van der Waals surface area contributed by atoms with Crippen molar-refractivity contribution in [2.24, 2.45) is 0 Å². The van der Waals surface area contributed by atoms with Crippen LogP contribution in [0.5, 0.6) is 0 Å². The van der Waals surface area contributed by atoms with Gasteiger partial charge < -0.3 is 9.64 Å². The zero-order valence-corrected chi connectivity index (χ0v) is 26.9. The van der Waals surface area contributed by atoms with Crippen LogP contribution in [-0.4, -0.2) is 37.0 Å². The van der Waals surface area contributed by atoms with Crippen LogP contribution in [0.15, 0.2) is 0 Å². The van der Waals surface area contributed by atoms with Gasteiger partial charge in [-0.25, -0.2) is 0 Å². The fourth-order valence-electron chi connectivity index (χ4n) is 5.27. The number of esters is 1. The van der Waals surface area contributed by atoms with E-state index in [0.29, 0.717) is 6.61 Å². The van der Waals surface area contributed by atoms with E-state index < -0.39 is 0 Å². The second kappa shape index (κ2) is 31.5. The normalized spacial score (nSPS) is 11.2. The SMILES string of the molecule is CCCCCCCCCCCCCCCCCCN(C)C(=O)CCC(=O)OCCCCCCCCCCCC. The number of ether oxygens (including phenoxy) is 1. The van der Waals surface area contributed by atoms with E-state index in [2.05, 4.69) is 13.8 Å². The molecule has 0 atom stereocenters. The molecule has 1 amide bonds. The van der Waals surface area contributed by atoms with Gasteiger partial charge in [0.25, 0.3) is 0 Å². The topological polar surface area (TPSA) is 46.6 Å². The number of unbranched alkanes of at least 4 members (excludes halogenated alkanes) is 24. The van der Waals surface area contributed by atoms with Crippen LogP contribution in [0, 0.1) is 0 Å². The first-order chi connectivity index (χ1) is 19.1. The Hall–Kier alpha value is -1.06. The Kier molecular flexibility index (Phi) is 30.6. The molecule has 0 fully saturated rings. The highest BCUT2D eigenvalue weighted by atomic mass is 16.5. The van der Waals surface area contributed by atoms with Crippen LogP contribution in [0.2, 0.25) is 0 Å².